The third-order valence-electron chi connectivity index (χ3n) is 11.1. The number of ether oxygens (including phenoxy) is 6. The lowest BCUT2D eigenvalue weighted by Crippen LogP contribution is -2.57. The van der Waals surface area contributed by atoms with Gasteiger partial charge in [0.25, 0.3) is 0 Å². The lowest BCUT2D eigenvalue weighted by atomic mass is 9.76. The van der Waals surface area contributed by atoms with Crippen LogP contribution in [0, 0.1) is 29.6 Å². The Labute approximate surface area is 279 Å². The predicted octanol–water partition coefficient (Wildman–Crippen LogP) is 1.25. The van der Waals surface area contributed by atoms with Crippen LogP contribution in [0.1, 0.15) is 74.7 Å². The normalized spacial score (nSPS) is 50.7. The van der Waals surface area contributed by atoms with Crippen LogP contribution in [0.2, 0.25) is 0 Å². The number of carbonyl (C=O) groups excluding carboxylic acids is 2. The highest BCUT2D eigenvalue weighted by Gasteiger charge is 2.57. The molecule has 4 aliphatic heterocycles. The van der Waals surface area contributed by atoms with Crippen molar-refractivity contribution in [3.05, 3.63) is 0 Å². The minimum absolute atomic E-state index is 0.0208. The van der Waals surface area contributed by atoms with E-state index >= 15 is 0 Å². The van der Waals surface area contributed by atoms with Crippen molar-refractivity contribution < 1.29 is 58.4 Å². The molecule has 4 rings (SSSR count). The molecular weight excluding hydrogens is 614 g/mol. The fraction of sp³-hybridized carbons (Fsp3) is 0.941. The summed E-state index contributed by atoms with van der Waals surface area (Å²) in [4.78, 5) is 29.5. The zero-order chi connectivity index (χ0) is 35.1. The molecule has 272 valence electrons. The summed E-state index contributed by atoms with van der Waals surface area (Å²) < 4.78 is 37.0. The van der Waals surface area contributed by atoms with E-state index in [9.17, 15) is 30.0 Å². The van der Waals surface area contributed by atoms with Gasteiger partial charge in [-0.15, -0.1) is 0 Å². The van der Waals surface area contributed by atoms with Gasteiger partial charge in [-0.05, 0) is 60.5 Å². The maximum Gasteiger partial charge on any atom is 0.311 e. The van der Waals surface area contributed by atoms with Gasteiger partial charge in [-0.1, -0.05) is 27.7 Å². The molecule has 0 radical (unpaired) electrons. The summed E-state index contributed by atoms with van der Waals surface area (Å²) in [6.07, 6.45) is -8.64. The first-order valence-corrected chi connectivity index (χ1v) is 17.3. The predicted molar refractivity (Wildman–Crippen MR) is 169 cm³/mol. The SMILES string of the molecule is C[C@@H]1[C@@H](O[C@@H]2O[C@H](C)C[C@H](N(C)C)[C@H]2O)[C@@H](C)C[C@@]2(CO2)C(=O)[C@H](C)[C@@H](O)[C@@H](C)[C@@H](C)OC(=O)[C@H](C)[C@H]1O[C@H]1C[C@@H](O)[C@@H](O)[C@H](C)O1. The van der Waals surface area contributed by atoms with Gasteiger partial charge in [0.1, 0.15) is 18.3 Å². The van der Waals surface area contributed by atoms with Gasteiger partial charge in [-0.3, -0.25) is 9.59 Å². The van der Waals surface area contributed by atoms with Crippen molar-refractivity contribution in [3.63, 3.8) is 0 Å². The molecule has 4 heterocycles. The Morgan fingerprint density at radius 3 is 1.98 bits per heavy atom. The first-order chi connectivity index (χ1) is 21.9. The molecule has 0 amide bonds. The highest BCUT2D eigenvalue weighted by Crippen LogP contribution is 2.43. The van der Waals surface area contributed by atoms with Gasteiger partial charge in [-0.25, -0.2) is 0 Å². The van der Waals surface area contributed by atoms with Crippen LogP contribution in [0.5, 0.6) is 0 Å². The molecule has 0 aliphatic carbocycles. The number of Topliss-reactive ketones (excluding diaryl/α,β-unsaturated/α-hetero) is 1. The molecule has 18 atom stereocenters. The molecule has 4 aliphatic rings. The van der Waals surface area contributed by atoms with E-state index in [0.29, 0.717) is 6.42 Å². The molecule has 0 bridgehead atoms. The zero-order valence-corrected chi connectivity index (χ0v) is 29.6. The van der Waals surface area contributed by atoms with Crippen molar-refractivity contribution in [2.75, 3.05) is 20.7 Å². The Bertz CT molecular complexity index is 1060. The van der Waals surface area contributed by atoms with Gasteiger partial charge in [-0.2, -0.15) is 0 Å². The molecule has 13 heteroatoms. The van der Waals surface area contributed by atoms with Crippen LogP contribution in [-0.2, 0) is 38.0 Å². The molecule has 0 aromatic carbocycles. The second-order valence-electron chi connectivity index (χ2n) is 15.1. The van der Waals surface area contributed by atoms with Gasteiger partial charge < -0.3 is 53.7 Å². The number of cyclic esters (lactones) is 1. The smallest absolute Gasteiger partial charge is 0.311 e. The number of likely N-dealkylation sites (N-methyl/N-ethyl adjacent to an activating group) is 1. The number of hydrogen-bond donors (Lipinski definition) is 4. The summed E-state index contributed by atoms with van der Waals surface area (Å²) in [5, 5.41) is 43.4. The summed E-state index contributed by atoms with van der Waals surface area (Å²) in [6.45, 7) is 14.4. The van der Waals surface area contributed by atoms with Crippen molar-refractivity contribution in [3.8, 4) is 0 Å². The van der Waals surface area contributed by atoms with Crippen LogP contribution in [0.25, 0.3) is 0 Å². The summed E-state index contributed by atoms with van der Waals surface area (Å²) in [7, 11) is 3.78. The van der Waals surface area contributed by atoms with Crippen molar-refractivity contribution in [2.45, 2.75) is 154 Å². The molecular formula is C34H59NO12. The zero-order valence-electron chi connectivity index (χ0n) is 29.6. The maximum atomic E-state index is 13.8. The highest BCUT2D eigenvalue weighted by atomic mass is 16.7. The van der Waals surface area contributed by atoms with Crippen LogP contribution in [-0.4, -0.2) is 137 Å². The van der Waals surface area contributed by atoms with E-state index in [-0.39, 0.29) is 43.3 Å². The average molecular weight is 674 g/mol. The molecule has 13 nitrogen and oxygen atoms in total. The number of esters is 1. The minimum atomic E-state index is -1.11. The van der Waals surface area contributed by atoms with Crippen molar-refractivity contribution in [2.24, 2.45) is 29.6 Å². The standard InChI is InChI=1S/C34H59NO12/c1-15-13-34(14-42-34)31(40)18(4)26(37)17(3)21(7)45-32(41)20(6)30(46-25-12-24(36)27(38)22(8)44-25)19(5)29(15)47-33-28(39)23(35(9)10)11-16(2)43-33/h15-30,33,36-39H,11-14H2,1-10H3/t15-,16+,17-,18+,19+,20+,21+,22-,23-,24+,25-,26-,27-,28+,29-,30-,33-,34+/m0/s1. The van der Waals surface area contributed by atoms with E-state index in [1.165, 1.54) is 0 Å². The van der Waals surface area contributed by atoms with Gasteiger partial charge >= 0.3 is 5.97 Å². The van der Waals surface area contributed by atoms with E-state index in [4.69, 9.17) is 28.4 Å². The topological polar surface area (TPSA) is 177 Å². The Balaban J connectivity index is 1.74. The van der Waals surface area contributed by atoms with Crippen LogP contribution in [0.4, 0.5) is 0 Å². The van der Waals surface area contributed by atoms with E-state index < -0.39 is 96.7 Å². The van der Waals surface area contributed by atoms with E-state index in [1.807, 2.05) is 39.8 Å². The molecule has 0 saturated carbocycles. The van der Waals surface area contributed by atoms with Gasteiger partial charge in [0.2, 0.25) is 0 Å². The molecule has 0 aromatic heterocycles. The molecule has 4 fully saturated rings. The number of aliphatic hydroxyl groups is 4. The monoisotopic (exact) mass is 673 g/mol. The van der Waals surface area contributed by atoms with Crippen molar-refractivity contribution >= 4 is 11.8 Å². The van der Waals surface area contributed by atoms with Crippen LogP contribution in [0.15, 0.2) is 0 Å². The van der Waals surface area contributed by atoms with Crippen molar-refractivity contribution in [1.29, 1.82) is 0 Å². The molecule has 4 saturated heterocycles. The molecule has 0 unspecified atom stereocenters. The van der Waals surface area contributed by atoms with Crippen LogP contribution in [0.3, 0.4) is 0 Å². The highest BCUT2D eigenvalue weighted by molar-refractivity contribution is 5.92. The van der Waals surface area contributed by atoms with E-state index in [1.54, 1.807) is 34.6 Å². The molecule has 1 spiro atoms. The first kappa shape index (κ1) is 38.5. The quantitative estimate of drug-likeness (QED) is 0.243. The van der Waals surface area contributed by atoms with Gasteiger partial charge in [0.05, 0.1) is 49.1 Å². The van der Waals surface area contributed by atoms with E-state index in [2.05, 4.69) is 0 Å². The third kappa shape index (κ3) is 8.38. The summed E-state index contributed by atoms with van der Waals surface area (Å²) in [6, 6.07) is -0.232. The second kappa shape index (κ2) is 15.3. The number of ketones is 1. The third-order valence-corrected chi connectivity index (χ3v) is 11.1. The van der Waals surface area contributed by atoms with E-state index in [0.717, 1.165) is 0 Å². The Hall–Kier alpha value is -1.26. The lowest BCUT2D eigenvalue weighted by Gasteiger charge is -2.46. The Morgan fingerprint density at radius 2 is 1.40 bits per heavy atom. The fourth-order valence-corrected chi connectivity index (χ4v) is 7.68. The number of aliphatic hydroxyl groups excluding tert-OH is 4. The van der Waals surface area contributed by atoms with Gasteiger partial charge in [0.15, 0.2) is 24.0 Å². The summed E-state index contributed by atoms with van der Waals surface area (Å²) in [5.41, 5.74) is -1.11. The Morgan fingerprint density at radius 1 is 0.766 bits per heavy atom. The summed E-state index contributed by atoms with van der Waals surface area (Å²) >= 11 is 0. The molecule has 47 heavy (non-hydrogen) atoms. The van der Waals surface area contributed by atoms with Crippen LogP contribution >= 0.6 is 0 Å². The number of epoxide rings is 1. The molecule has 4 N–H and O–H groups in total. The summed E-state index contributed by atoms with van der Waals surface area (Å²) in [5.74, 6) is -3.92. The Kier molecular flexibility index (Phi) is 12.6. The minimum Gasteiger partial charge on any atom is -0.462 e. The number of rotatable bonds is 5. The van der Waals surface area contributed by atoms with Crippen LogP contribution < -0.4 is 0 Å². The average Bonchev–Trinajstić information content (AvgIpc) is 3.79. The first-order valence-electron chi connectivity index (χ1n) is 17.3. The maximum absolute atomic E-state index is 13.8. The van der Waals surface area contributed by atoms with Crippen molar-refractivity contribution in [1.82, 2.24) is 4.90 Å². The number of nitrogens with zero attached hydrogens (tertiary/aromatic N) is 1. The van der Waals surface area contributed by atoms with Gasteiger partial charge in [0, 0.05) is 30.2 Å². The number of carbonyl (C=O) groups is 2. The molecule has 0 aromatic rings. The fourth-order valence-electron chi connectivity index (χ4n) is 7.68. The second-order valence-corrected chi connectivity index (χ2v) is 15.1. The number of hydrogen-bond acceptors (Lipinski definition) is 13. The lowest BCUT2D eigenvalue weighted by molar-refractivity contribution is -0.298. The largest absolute Gasteiger partial charge is 0.462 e.